The summed E-state index contributed by atoms with van der Waals surface area (Å²) in [5, 5.41) is 5.56. The molecular formula is C49H62N8O8. The molecule has 4 aliphatic heterocycles. The molecule has 1 spiro atoms. The van der Waals surface area contributed by atoms with E-state index >= 15 is 0 Å². The van der Waals surface area contributed by atoms with Crippen molar-refractivity contribution in [1.29, 1.82) is 0 Å². The Morgan fingerprint density at radius 3 is 2.08 bits per heavy atom. The number of amides is 4. The van der Waals surface area contributed by atoms with Crippen molar-refractivity contribution >= 4 is 24.0 Å². The van der Waals surface area contributed by atoms with Crippen LogP contribution in [0.1, 0.15) is 108 Å². The van der Waals surface area contributed by atoms with E-state index in [0.717, 1.165) is 95.7 Å². The van der Waals surface area contributed by atoms with Gasteiger partial charge in [0.05, 0.1) is 56.7 Å². The second-order valence-electron chi connectivity index (χ2n) is 19.4. The number of ether oxygens (including phenoxy) is 4. The number of H-pyrrole nitrogens is 2. The number of carbonyl (C=O) groups excluding carboxylic acids is 4. The topological polar surface area (TPSA) is 193 Å². The first kappa shape index (κ1) is 44.3. The lowest BCUT2D eigenvalue weighted by molar-refractivity contribution is -0.138. The standard InChI is InChI=1S/C49H62N8O8/c1-27(2)41(54-47(60)62-5)45(58)56-25-49(16-9-17-64-26-49)21-39(56)44-51-22-35(53-44)29-12-14-33-32(18-29)24-65-40-20-30(13-15-34(33)40)36-23-50-43(52-36)38-19-31-10-7-8-11-37(31)57(38)46(59)42(28(3)4)55-48(61)63-6/h12-15,18,20,22-23,27-28,31,37-39,41-42H,7-11,16-17,19,21,24-26H2,1-6H3,(H,50,52)(H,51,53)(H,54,60)(H,55,61)/t31-,37-,38-,39-,41-,42-,49-/m0/s1. The number of aromatic nitrogens is 4. The molecule has 65 heavy (non-hydrogen) atoms. The van der Waals surface area contributed by atoms with Gasteiger partial charge in [0, 0.05) is 35.7 Å². The maximum Gasteiger partial charge on any atom is 0.407 e. The number of carbonyl (C=O) groups is 4. The molecule has 16 heteroatoms. The smallest absolute Gasteiger partial charge is 0.407 e. The van der Waals surface area contributed by atoms with E-state index in [1.54, 1.807) is 0 Å². The maximum absolute atomic E-state index is 14.3. The van der Waals surface area contributed by atoms with Crippen molar-refractivity contribution in [3.63, 3.8) is 0 Å². The summed E-state index contributed by atoms with van der Waals surface area (Å²) in [6, 6.07) is 10.6. The minimum atomic E-state index is -0.748. The number of rotatable bonds is 10. The molecule has 0 unspecified atom stereocenters. The molecule has 4 fully saturated rings. The number of hydrogen-bond donors (Lipinski definition) is 4. The monoisotopic (exact) mass is 890 g/mol. The van der Waals surface area contributed by atoms with Gasteiger partial charge in [-0.05, 0) is 91.2 Å². The summed E-state index contributed by atoms with van der Waals surface area (Å²) >= 11 is 0. The Morgan fingerprint density at radius 1 is 0.800 bits per heavy atom. The molecule has 7 atom stereocenters. The van der Waals surface area contributed by atoms with E-state index < -0.39 is 24.3 Å². The Morgan fingerprint density at radius 2 is 1.43 bits per heavy atom. The Bertz CT molecular complexity index is 2420. The molecule has 4 amide bonds. The number of nitrogens with zero attached hydrogens (tertiary/aromatic N) is 4. The van der Waals surface area contributed by atoms with Crippen molar-refractivity contribution < 1.29 is 38.1 Å². The van der Waals surface area contributed by atoms with Gasteiger partial charge in [-0.3, -0.25) is 9.59 Å². The first-order valence-corrected chi connectivity index (χ1v) is 23.3. The SMILES string of the molecule is COC(=O)N[C@H](C(=O)N1C[C@]2(CCCOC2)C[C@H]1c1ncc(-c2ccc3c(c2)COc2cc(-c4cnc([C@@H]5C[C@@H]6CCCC[C@@H]6N5C(=O)[C@@H](NC(=O)OC)C(C)C)[nH]4)ccc2-3)[nH]1)C(C)C. The number of hydrogen-bond acceptors (Lipinski definition) is 10. The lowest BCUT2D eigenvalue weighted by Gasteiger charge is -2.36. The number of aromatic amines is 2. The van der Waals surface area contributed by atoms with Crippen LogP contribution in [-0.4, -0.2) is 106 Å². The number of imidazole rings is 2. The van der Waals surface area contributed by atoms with E-state index in [9.17, 15) is 19.2 Å². The molecule has 9 rings (SSSR count). The largest absolute Gasteiger partial charge is 0.488 e. The molecule has 6 heterocycles. The van der Waals surface area contributed by atoms with Gasteiger partial charge in [-0.1, -0.05) is 58.7 Å². The van der Waals surface area contributed by atoms with Gasteiger partial charge in [-0.15, -0.1) is 0 Å². The summed E-state index contributed by atoms with van der Waals surface area (Å²) in [5.41, 5.74) is 6.48. The predicted octanol–water partition coefficient (Wildman–Crippen LogP) is 7.69. The molecule has 2 aromatic heterocycles. The highest BCUT2D eigenvalue weighted by Gasteiger charge is 2.51. The van der Waals surface area contributed by atoms with Crippen LogP contribution in [0.3, 0.4) is 0 Å². The first-order chi connectivity index (χ1) is 31.4. The third-order valence-electron chi connectivity index (χ3n) is 14.5. The molecule has 3 saturated heterocycles. The average Bonchev–Trinajstić information content (AvgIpc) is 4.14. The molecule has 1 saturated carbocycles. The lowest BCUT2D eigenvalue weighted by atomic mass is 9.80. The maximum atomic E-state index is 14.3. The molecule has 0 radical (unpaired) electrons. The molecule has 4 N–H and O–H groups in total. The van der Waals surface area contributed by atoms with Gasteiger partial charge in [0.2, 0.25) is 11.8 Å². The Labute approximate surface area is 379 Å². The van der Waals surface area contributed by atoms with Gasteiger partial charge >= 0.3 is 12.2 Å². The number of benzene rings is 2. The highest BCUT2D eigenvalue weighted by Crippen LogP contribution is 2.49. The summed E-state index contributed by atoms with van der Waals surface area (Å²) in [5.74, 6) is 2.06. The van der Waals surface area contributed by atoms with Crippen molar-refractivity contribution in [3.8, 4) is 39.4 Å². The fourth-order valence-corrected chi connectivity index (χ4v) is 11.1. The second kappa shape index (κ2) is 18.2. The molecule has 2 aromatic carbocycles. The fourth-order valence-electron chi connectivity index (χ4n) is 11.1. The van der Waals surface area contributed by atoms with Crippen LogP contribution in [0, 0.1) is 23.2 Å². The molecule has 346 valence electrons. The van der Waals surface area contributed by atoms with E-state index in [1.165, 1.54) is 14.2 Å². The van der Waals surface area contributed by atoms with Crippen LogP contribution in [0.25, 0.3) is 33.6 Å². The van der Waals surface area contributed by atoms with Crippen LogP contribution in [0.15, 0.2) is 48.8 Å². The summed E-state index contributed by atoms with van der Waals surface area (Å²) in [6.45, 7) is 9.90. The molecule has 1 aliphatic carbocycles. The van der Waals surface area contributed by atoms with E-state index in [1.807, 2.05) is 56.0 Å². The minimum Gasteiger partial charge on any atom is -0.488 e. The van der Waals surface area contributed by atoms with Crippen LogP contribution in [0.4, 0.5) is 9.59 Å². The predicted molar refractivity (Wildman–Crippen MR) is 241 cm³/mol. The van der Waals surface area contributed by atoms with Gasteiger partial charge in [0.15, 0.2) is 0 Å². The van der Waals surface area contributed by atoms with Crippen molar-refractivity contribution in [2.24, 2.45) is 23.2 Å². The fraction of sp³-hybridized carbons (Fsp3) is 0.551. The minimum absolute atomic E-state index is 0.0959. The van der Waals surface area contributed by atoms with Gasteiger partial charge in [0.25, 0.3) is 0 Å². The summed E-state index contributed by atoms with van der Waals surface area (Å²) in [4.78, 5) is 73.8. The zero-order valence-electron chi connectivity index (χ0n) is 38.3. The molecule has 0 bridgehead atoms. The van der Waals surface area contributed by atoms with E-state index in [4.69, 9.17) is 28.9 Å². The zero-order valence-corrected chi connectivity index (χ0v) is 38.3. The van der Waals surface area contributed by atoms with E-state index in [0.29, 0.717) is 44.5 Å². The summed E-state index contributed by atoms with van der Waals surface area (Å²) in [7, 11) is 2.61. The van der Waals surface area contributed by atoms with E-state index in [-0.39, 0.29) is 47.2 Å². The van der Waals surface area contributed by atoms with Crippen molar-refractivity contribution in [2.75, 3.05) is 34.0 Å². The van der Waals surface area contributed by atoms with Crippen molar-refractivity contribution in [3.05, 3.63) is 66.0 Å². The Kier molecular flexibility index (Phi) is 12.4. The van der Waals surface area contributed by atoms with Crippen LogP contribution in [0.5, 0.6) is 5.75 Å². The number of likely N-dealkylation sites (tertiary alicyclic amines) is 2. The Hall–Kier alpha value is -5.90. The number of nitrogens with one attached hydrogen (secondary N) is 4. The highest BCUT2D eigenvalue weighted by molar-refractivity contribution is 5.88. The van der Waals surface area contributed by atoms with Gasteiger partial charge in [-0.2, -0.15) is 0 Å². The lowest BCUT2D eigenvalue weighted by Crippen LogP contribution is -2.53. The van der Waals surface area contributed by atoms with E-state index in [2.05, 4.69) is 50.9 Å². The van der Waals surface area contributed by atoms with Gasteiger partial charge in [-0.25, -0.2) is 19.6 Å². The van der Waals surface area contributed by atoms with Crippen molar-refractivity contribution in [1.82, 2.24) is 40.4 Å². The Balaban J connectivity index is 0.937. The molecule has 5 aliphatic rings. The van der Waals surface area contributed by atoms with Crippen LogP contribution < -0.4 is 15.4 Å². The summed E-state index contributed by atoms with van der Waals surface area (Å²) < 4.78 is 22.1. The van der Waals surface area contributed by atoms with Crippen LogP contribution >= 0.6 is 0 Å². The van der Waals surface area contributed by atoms with Crippen LogP contribution in [-0.2, 0) is 30.4 Å². The van der Waals surface area contributed by atoms with Crippen molar-refractivity contribution in [2.45, 2.75) is 116 Å². The number of fused-ring (bicyclic) bond motifs is 4. The quantitative estimate of drug-likeness (QED) is 0.123. The molecular weight excluding hydrogens is 829 g/mol. The second-order valence-corrected chi connectivity index (χ2v) is 19.4. The third kappa shape index (κ3) is 8.57. The summed E-state index contributed by atoms with van der Waals surface area (Å²) in [6.07, 6.45) is 10.0. The zero-order chi connectivity index (χ0) is 45.6. The van der Waals surface area contributed by atoms with Gasteiger partial charge < -0.3 is 49.3 Å². The highest BCUT2D eigenvalue weighted by atomic mass is 16.5. The van der Waals surface area contributed by atoms with Crippen LogP contribution in [0.2, 0.25) is 0 Å². The molecule has 16 nitrogen and oxygen atoms in total. The number of methoxy groups -OCH3 is 2. The first-order valence-electron chi connectivity index (χ1n) is 23.3. The average molecular weight is 891 g/mol. The molecule has 4 aromatic rings. The van der Waals surface area contributed by atoms with Gasteiger partial charge in [0.1, 0.15) is 36.1 Å². The normalized spacial score (nSPS) is 24.5. The number of alkyl carbamates (subject to hydrolysis) is 2. The third-order valence-corrected chi connectivity index (χ3v) is 14.5.